The fourth-order valence-electron chi connectivity index (χ4n) is 2.87. The van der Waals surface area contributed by atoms with Crippen LogP contribution in [0.1, 0.15) is 23.0 Å². The number of anilines is 1. The molecule has 1 aromatic heterocycles. The molecule has 2 amide bonds. The molecule has 0 saturated carbocycles. The number of hydrogen-bond acceptors (Lipinski definition) is 2. The first-order chi connectivity index (χ1) is 13.3. The van der Waals surface area contributed by atoms with Crippen molar-refractivity contribution in [1.29, 1.82) is 0 Å². The molecule has 0 unspecified atom stereocenters. The van der Waals surface area contributed by atoms with Crippen molar-refractivity contribution in [3.05, 3.63) is 65.9 Å². The highest BCUT2D eigenvalue weighted by Crippen LogP contribution is 2.21. The number of amides is 2. The van der Waals surface area contributed by atoms with Gasteiger partial charge in [-0.05, 0) is 36.8 Å². The number of benzene rings is 2. The van der Waals surface area contributed by atoms with Crippen molar-refractivity contribution in [1.82, 2.24) is 9.88 Å². The Kier molecular flexibility index (Phi) is 5.39. The maximum Gasteiger partial charge on any atom is 0.471 e. The molecule has 8 heteroatoms. The normalized spacial score (nSPS) is 11.4. The van der Waals surface area contributed by atoms with Crippen LogP contribution in [-0.4, -0.2) is 34.4 Å². The van der Waals surface area contributed by atoms with E-state index >= 15 is 0 Å². The molecule has 1 heterocycles. The van der Waals surface area contributed by atoms with Gasteiger partial charge >= 0.3 is 12.1 Å². The van der Waals surface area contributed by atoms with Crippen LogP contribution >= 0.6 is 0 Å². The van der Waals surface area contributed by atoms with Crippen molar-refractivity contribution >= 4 is 28.4 Å². The molecule has 2 N–H and O–H groups in total. The van der Waals surface area contributed by atoms with Crippen molar-refractivity contribution in [2.24, 2.45) is 0 Å². The molecule has 146 valence electrons. The number of nitrogens with zero attached hydrogens (tertiary/aromatic N) is 1. The highest BCUT2D eigenvalue weighted by Gasteiger charge is 2.41. The predicted octanol–water partition coefficient (Wildman–Crippen LogP) is 4.33. The number of carbonyl (C=O) groups is 2. The number of rotatable bonds is 5. The molecule has 5 nitrogen and oxygen atoms in total. The number of H-pyrrole nitrogens is 1. The van der Waals surface area contributed by atoms with Crippen LogP contribution in [0.3, 0.4) is 0 Å². The second-order valence-electron chi connectivity index (χ2n) is 6.24. The van der Waals surface area contributed by atoms with E-state index in [1.807, 2.05) is 24.3 Å². The summed E-state index contributed by atoms with van der Waals surface area (Å²) in [6.45, 7) is 1.19. The molecule has 0 fully saturated rings. The fraction of sp³-hybridized carbons (Fsp3) is 0.200. The summed E-state index contributed by atoms with van der Waals surface area (Å²) in [5, 5.41) is 3.61. The second kappa shape index (κ2) is 7.75. The van der Waals surface area contributed by atoms with Crippen molar-refractivity contribution in [3.8, 4) is 0 Å². The minimum atomic E-state index is -4.92. The van der Waals surface area contributed by atoms with Crippen molar-refractivity contribution in [2.75, 3.05) is 11.9 Å². The Balaban J connectivity index is 1.73. The lowest BCUT2D eigenvalue weighted by Crippen LogP contribution is -2.40. The lowest BCUT2D eigenvalue weighted by molar-refractivity contribution is -0.185. The maximum absolute atomic E-state index is 12.7. The third-order valence-corrected chi connectivity index (χ3v) is 4.24. The lowest BCUT2D eigenvalue weighted by Gasteiger charge is -2.22. The molecule has 0 aliphatic carbocycles. The molecular formula is C20H18F3N3O2. The van der Waals surface area contributed by atoms with E-state index in [9.17, 15) is 22.8 Å². The average Bonchev–Trinajstić information content (AvgIpc) is 3.09. The van der Waals surface area contributed by atoms with Crippen molar-refractivity contribution in [2.45, 2.75) is 19.6 Å². The van der Waals surface area contributed by atoms with Crippen LogP contribution in [0.2, 0.25) is 0 Å². The zero-order valence-corrected chi connectivity index (χ0v) is 15.0. The number of halogens is 3. The third kappa shape index (κ3) is 4.33. The Hall–Kier alpha value is -3.29. The van der Waals surface area contributed by atoms with Gasteiger partial charge in [-0.2, -0.15) is 13.2 Å². The molecule has 3 rings (SSSR count). The molecule has 2 aromatic carbocycles. The number of para-hydroxylation sites is 1. The van der Waals surface area contributed by atoms with E-state index in [2.05, 4.69) is 10.3 Å². The first-order valence-electron chi connectivity index (χ1n) is 8.62. The number of nitrogens with one attached hydrogen (secondary N) is 2. The quantitative estimate of drug-likeness (QED) is 0.682. The van der Waals surface area contributed by atoms with Gasteiger partial charge in [0, 0.05) is 29.7 Å². The Labute approximate surface area is 159 Å². The van der Waals surface area contributed by atoms with Gasteiger partial charge in [0.1, 0.15) is 5.69 Å². The van der Waals surface area contributed by atoms with Gasteiger partial charge in [-0.1, -0.05) is 30.3 Å². The topological polar surface area (TPSA) is 65.2 Å². The van der Waals surface area contributed by atoms with Crippen molar-refractivity contribution < 1.29 is 22.8 Å². The first kappa shape index (κ1) is 19.5. The highest BCUT2D eigenvalue weighted by atomic mass is 19.4. The Morgan fingerprint density at radius 2 is 1.82 bits per heavy atom. The Morgan fingerprint density at radius 3 is 2.50 bits per heavy atom. The average molecular weight is 389 g/mol. The number of aromatic nitrogens is 1. The Morgan fingerprint density at radius 1 is 1.07 bits per heavy atom. The van der Waals surface area contributed by atoms with Gasteiger partial charge in [0.05, 0.1) is 0 Å². The van der Waals surface area contributed by atoms with E-state index in [0.29, 0.717) is 21.8 Å². The van der Waals surface area contributed by atoms with Crippen LogP contribution in [0.15, 0.2) is 54.6 Å². The number of fused-ring (bicyclic) bond motifs is 1. The smallest absolute Gasteiger partial charge is 0.351 e. The number of hydrogen-bond donors (Lipinski definition) is 2. The monoisotopic (exact) mass is 389 g/mol. The molecule has 3 aromatic rings. The summed E-state index contributed by atoms with van der Waals surface area (Å²) in [6, 6.07) is 15.6. The minimum absolute atomic E-state index is 0.0794. The molecule has 0 saturated heterocycles. The van der Waals surface area contributed by atoms with Crippen LogP contribution in [-0.2, 0) is 11.3 Å². The van der Waals surface area contributed by atoms with Crippen LogP contribution in [0.5, 0.6) is 0 Å². The standard InChI is InChI=1S/C20H18F3N3O2/c1-2-26(19(28)20(21,22)23)12-13-6-5-8-15(10-13)24-18(27)17-11-14-7-3-4-9-16(14)25-17/h3-11,25H,2,12H2,1H3,(H,24,27). The second-order valence-corrected chi connectivity index (χ2v) is 6.24. The molecule has 0 bridgehead atoms. The first-order valence-corrected chi connectivity index (χ1v) is 8.62. The third-order valence-electron chi connectivity index (χ3n) is 4.24. The summed E-state index contributed by atoms with van der Waals surface area (Å²) >= 11 is 0. The molecule has 0 spiro atoms. The maximum atomic E-state index is 12.7. The molecule has 0 radical (unpaired) electrons. The number of carbonyl (C=O) groups excluding carboxylic acids is 2. The largest absolute Gasteiger partial charge is 0.471 e. The van der Waals surface area contributed by atoms with Crippen molar-refractivity contribution in [3.63, 3.8) is 0 Å². The molecule has 0 aliphatic heterocycles. The molecule has 28 heavy (non-hydrogen) atoms. The van der Waals surface area contributed by atoms with E-state index in [1.165, 1.54) is 6.92 Å². The van der Waals surface area contributed by atoms with Crippen LogP contribution in [0, 0.1) is 0 Å². The van der Waals surface area contributed by atoms with E-state index in [-0.39, 0.29) is 19.0 Å². The van der Waals surface area contributed by atoms with Gasteiger partial charge in [0.25, 0.3) is 5.91 Å². The van der Waals surface area contributed by atoms with Gasteiger partial charge in [-0.3, -0.25) is 9.59 Å². The minimum Gasteiger partial charge on any atom is -0.351 e. The number of aromatic amines is 1. The van der Waals surface area contributed by atoms with Crippen LogP contribution in [0.4, 0.5) is 18.9 Å². The lowest BCUT2D eigenvalue weighted by atomic mass is 10.1. The van der Waals surface area contributed by atoms with Gasteiger partial charge in [0.15, 0.2) is 0 Å². The summed E-state index contributed by atoms with van der Waals surface area (Å²) in [5.41, 5.74) is 2.10. The SMILES string of the molecule is CCN(Cc1cccc(NC(=O)c2cc3ccccc3[nH]2)c1)C(=O)C(F)(F)F. The summed E-state index contributed by atoms with van der Waals surface area (Å²) < 4.78 is 38.0. The van der Waals surface area contributed by atoms with Gasteiger partial charge in [-0.25, -0.2) is 0 Å². The van der Waals surface area contributed by atoms with Gasteiger partial charge in [0.2, 0.25) is 0 Å². The van der Waals surface area contributed by atoms with Crippen LogP contribution < -0.4 is 5.32 Å². The zero-order chi connectivity index (χ0) is 20.3. The molecule has 0 atom stereocenters. The number of alkyl halides is 3. The summed E-state index contributed by atoms with van der Waals surface area (Å²) in [5.74, 6) is -2.26. The van der Waals surface area contributed by atoms with E-state index in [4.69, 9.17) is 0 Å². The van der Waals surface area contributed by atoms with Gasteiger partial charge in [-0.15, -0.1) is 0 Å². The molecule has 0 aliphatic rings. The van der Waals surface area contributed by atoms with Crippen LogP contribution in [0.25, 0.3) is 10.9 Å². The zero-order valence-electron chi connectivity index (χ0n) is 15.0. The van der Waals surface area contributed by atoms with E-state index in [0.717, 1.165) is 10.9 Å². The molecular weight excluding hydrogens is 371 g/mol. The highest BCUT2D eigenvalue weighted by molar-refractivity contribution is 6.05. The van der Waals surface area contributed by atoms with Gasteiger partial charge < -0.3 is 15.2 Å². The summed E-state index contributed by atoms with van der Waals surface area (Å²) in [6.07, 6.45) is -4.92. The summed E-state index contributed by atoms with van der Waals surface area (Å²) in [7, 11) is 0. The Bertz CT molecular complexity index is 978. The van der Waals surface area contributed by atoms with E-state index < -0.39 is 12.1 Å². The summed E-state index contributed by atoms with van der Waals surface area (Å²) in [4.78, 5) is 27.6. The van der Waals surface area contributed by atoms with E-state index in [1.54, 1.807) is 30.3 Å². The predicted molar refractivity (Wildman–Crippen MR) is 99.8 cm³/mol. The fourth-order valence-corrected chi connectivity index (χ4v) is 2.87.